The Morgan fingerprint density at radius 1 is 1.48 bits per heavy atom. The summed E-state index contributed by atoms with van der Waals surface area (Å²) in [5.74, 6) is -0.315. The molecular formula is C14H21N3O3S. The normalized spacial score (nSPS) is 11.7. The summed E-state index contributed by atoms with van der Waals surface area (Å²) in [5.41, 5.74) is 0.898. The molecule has 0 unspecified atom stereocenters. The molecule has 2 amide bonds. The molecule has 0 bridgehead atoms. The van der Waals surface area contributed by atoms with Crippen molar-refractivity contribution < 1.29 is 14.7 Å². The molecule has 0 saturated heterocycles. The molecule has 0 radical (unpaired) electrons. The third-order valence-corrected chi connectivity index (χ3v) is 3.63. The van der Waals surface area contributed by atoms with E-state index in [2.05, 4.69) is 10.3 Å². The van der Waals surface area contributed by atoms with Crippen molar-refractivity contribution in [3.05, 3.63) is 30.1 Å². The number of urea groups is 1. The molecule has 0 aliphatic rings. The van der Waals surface area contributed by atoms with Crippen molar-refractivity contribution in [3.8, 4) is 0 Å². The van der Waals surface area contributed by atoms with E-state index in [1.165, 1.54) is 4.90 Å². The molecular weight excluding hydrogens is 290 g/mol. The second-order valence-electron chi connectivity index (χ2n) is 4.61. The minimum absolute atomic E-state index is 0.376. The third kappa shape index (κ3) is 6.48. The monoisotopic (exact) mass is 311 g/mol. The molecule has 2 N–H and O–H groups in total. The van der Waals surface area contributed by atoms with Crippen LogP contribution in [0.15, 0.2) is 24.4 Å². The topological polar surface area (TPSA) is 82.5 Å². The van der Waals surface area contributed by atoms with E-state index >= 15 is 0 Å². The van der Waals surface area contributed by atoms with E-state index in [1.807, 2.05) is 24.5 Å². The van der Waals surface area contributed by atoms with Crippen LogP contribution in [0.4, 0.5) is 4.79 Å². The maximum Gasteiger partial charge on any atom is 0.326 e. The number of nitrogens with one attached hydrogen (secondary N) is 1. The number of carboxylic acid groups (broad SMARTS) is 1. The van der Waals surface area contributed by atoms with E-state index in [-0.39, 0.29) is 6.03 Å². The Kier molecular flexibility index (Phi) is 7.60. The van der Waals surface area contributed by atoms with Crippen molar-refractivity contribution in [3.63, 3.8) is 0 Å². The van der Waals surface area contributed by atoms with Gasteiger partial charge in [-0.25, -0.2) is 9.59 Å². The predicted octanol–water partition coefficient (Wildman–Crippen LogP) is 1.47. The van der Waals surface area contributed by atoms with E-state index < -0.39 is 12.0 Å². The quantitative estimate of drug-likeness (QED) is 0.760. The van der Waals surface area contributed by atoms with E-state index in [1.54, 1.807) is 25.0 Å². The lowest BCUT2D eigenvalue weighted by molar-refractivity contribution is -0.139. The van der Waals surface area contributed by atoms with Gasteiger partial charge >= 0.3 is 12.0 Å². The molecule has 7 heteroatoms. The number of rotatable bonds is 8. The average molecular weight is 311 g/mol. The summed E-state index contributed by atoms with van der Waals surface area (Å²) in [6, 6.07) is 4.40. The number of nitrogens with zero attached hydrogens (tertiary/aromatic N) is 2. The highest BCUT2D eigenvalue weighted by Crippen LogP contribution is 2.02. The minimum atomic E-state index is -1.00. The van der Waals surface area contributed by atoms with Crippen LogP contribution in [0.2, 0.25) is 0 Å². The van der Waals surface area contributed by atoms with Crippen molar-refractivity contribution in [2.75, 3.05) is 25.6 Å². The number of carboxylic acids is 1. The van der Waals surface area contributed by atoms with Crippen LogP contribution >= 0.6 is 11.8 Å². The first kappa shape index (κ1) is 17.3. The fourth-order valence-corrected chi connectivity index (χ4v) is 2.15. The maximum absolute atomic E-state index is 12.0. The molecule has 1 aromatic heterocycles. The van der Waals surface area contributed by atoms with Gasteiger partial charge in [-0.3, -0.25) is 4.98 Å². The lowest BCUT2D eigenvalue weighted by Crippen LogP contribution is -2.47. The number of carbonyl (C=O) groups is 2. The zero-order valence-electron chi connectivity index (χ0n) is 12.3. The van der Waals surface area contributed by atoms with Gasteiger partial charge in [-0.1, -0.05) is 6.07 Å². The predicted molar refractivity (Wildman–Crippen MR) is 83.5 cm³/mol. The zero-order chi connectivity index (χ0) is 15.7. The van der Waals surface area contributed by atoms with Crippen LogP contribution in [-0.4, -0.2) is 58.6 Å². The molecule has 6 nitrogen and oxygen atoms in total. The number of aromatic nitrogens is 1. The molecule has 1 aromatic rings. The van der Waals surface area contributed by atoms with Gasteiger partial charge in [-0.2, -0.15) is 11.8 Å². The Morgan fingerprint density at radius 3 is 2.81 bits per heavy atom. The lowest BCUT2D eigenvalue weighted by Gasteiger charge is -2.21. The summed E-state index contributed by atoms with van der Waals surface area (Å²) in [5, 5.41) is 11.6. The SMILES string of the molecule is CSCC[C@H](NC(=O)N(C)CCc1ccccn1)C(=O)O. The van der Waals surface area contributed by atoms with Crippen LogP contribution < -0.4 is 5.32 Å². The number of amides is 2. The largest absolute Gasteiger partial charge is 0.480 e. The summed E-state index contributed by atoms with van der Waals surface area (Å²) in [6.45, 7) is 0.484. The van der Waals surface area contributed by atoms with Gasteiger partial charge in [-0.15, -0.1) is 0 Å². The highest BCUT2D eigenvalue weighted by atomic mass is 32.2. The van der Waals surface area contributed by atoms with Gasteiger partial charge in [0.05, 0.1) is 0 Å². The molecule has 0 aliphatic heterocycles. The second-order valence-corrected chi connectivity index (χ2v) is 5.60. The number of aliphatic carboxylic acids is 1. The first-order chi connectivity index (χ1) is 10.0. The first-order valence-corrected chi connectivity index (χ1v) is 8.07. The van der Waals surface area contributed by atoms with Gasteiger partial charge in [0.15, 0.2) is 0 Å². The van der Waals surface area contributed by atoms with Crippen molar-refractivity contribution in [1.82, 2.24) is 15.2 Å². The molecule has 21 heavy (non-hydrogen) atoms. The fraction of sp³-hybridized carbons (Fsp3) is 0.500. The summed E-state index contributed by atoms with van der Waals surface area (Å²) >= 11 is 1.55. The summed E-state index contributed by atoms with van der Waals surface area (Å²) in [4.78, 5) is 28.7. The van der Waals surface area contributed by atoms with Crippen molar-refractivity contribution in [2.45, 2.75) is 18.9 Å². The Morgan fingerprint density at radius 2 is 2.24 bits per heavy atom. The Hall–Kier alpha value is -1.76. The van der Waals surface area contributed by atoms with Gasteiger partial charge < -0.3 is 15.3 Å². The van der Waals surface area contributed by atoms with Gasteiger partial charge in [0.25, 0.3) is 0 Å². The zero-order valence-corrected chi connectivity index (χ0v) is 13.1. The molecule has 0 spiro atoms. The van der Waals surface area contributed by atoms with Crippen LogP contribution in [-0.2, 0) is 11.2 Å². The molecule has 1 heterocycles. The van der Waals surface area contributed by atoms with E-state index in [0.29, 0.717) is 25.1 Å². The molecule has 1 atom stereocenters. The number of likely N-dealkylation sites (N-methyl/N-ethyl adjacent to an activating group) is 1. The number of pyridine rings is 1. The highest BCUT2D eigenvalue weighted by Gasteiger charge is 2.21. The summed E-state index contributed by atoms with van der Waals surface area (Å²) in [7, 11) is 1.64. The Bertz CT molecular complexity index is 456. The smallest absolute Gasteiger partial charge is 0.326 e. The van der Waals surface area contributed by atoms with Crippen molar-refractivity contribution in [1.29, 1.82) is 0 Å². The average Bonchev–Trinajstić information content (AvgIpc) is 2.49. The summed E-state index contributed by atoms with van der Waals surface area (Å²) in [6.07, 6.45) is 4.65. The molecule has 0 aromatic carbocycles. The van der Waals surface area contributed by atoms with Crippen LogP contribution in [0.25, 0.3) is 0 Å². The maximum atomic E-state index is 12.0. The number of carbonyl (C=O) groups excluding carboxylic acids is 1. The lowest BCUT2D eigenvalue weighted by atomic mass is 10.2. The van der Waals surface area contributed by atoms with E-state index in [9.17, 15) is 9.59 Å². The van der Waals surface area contributed by atoms with Crippen LogP contribution in [0.5, 0.6) is 0 Å². The second kappa shape index (κ2) is 9.23. The number of hydrogen-bond acceptors (Lipinski definition) is 4. The molecule has 0 fully saturated rings. The van der Waals surface area contributed by atoms with Gasteiger partial charge in [0.2, 0.25) is 0 Å². The van der Waals surface area contributed by atoms with Crippen LogP contribution in [0.1, 0.15) is 12.1 Å². The summed E-state index contributed by atoms with van der Waals surface area (Å²) < 4.78 is 0. The van der Waals surface area contributed by atoms with Crippen molar-refractivity contribution >= 4 is 23.8 Å². The standard InChI is InChI=1S/C14H21N3O3S/c1-17(9-6-11-5-3-4-8-15-11)14(20)16-12(13(18)19)7-10-21-2/h3-5,8,12H,6-7,9-10H2,1-2H3,(H,16,20)(H,18,19)/t12-/m0/s1. The molecule has 1 rings (SSSR count). The van der Waals surface area contributed by atoms with E-state index in [4.69, 9.17) is 5.11 Å². The van der Waals surface area contributed by atoms with Gasteiger partial charge in [0.1, 0.15) is 6.04 Å². The van der Waals surface area contributed by atoms with Crippen LogP contribution in [0.3, 0.4) is 0 Å². The Balaban J connectivity index is 2.43. The molecule has 116 valence electrons. The fourth-order valence-electron chi connectivity index (χ4n) is 1.68. The molecule has 0 saturated carbocycles. The van der Waals surface area contributed by atoms with Gasteiger partial charge in [0, 0.05) is 31.9 Å². The third-order valence-electron chi connectivity index (χ3n) is 2.98. The number of hydrogen-bond donors (Lipinski definition) is 2. The molecule has 0 aliphatic carbocycles. The van der Waals surface area contributed by atoms with Crippen molar-refractivity contribution in [2.24, 2.45) is 0 Å². The van der Waals surface area contributed by atoms with E-state index in [0.717, 1.165) is 5.69 Å². The minimum Gasteiger partial charge on any atom is -0.480 e. The van der Waals surface area contributed by atoms with Crippen LogP contribution in [0, 0.1) is 0 Å². The highest BCUT2D eigenvalue weighted by molar-refractivity contribution is 7.98. The first-order valence-electron chi connectivity index (χ1n) is 6.68. The Labute approximate surface area is 128 Å². The number of thioether (sulfide) groups is 1. The van der Waals surface area contributed by atoms with Gasteiger partial charge in [-0.05, 0) is 30.6 Å².